The molecule has 0 aromatic heterocycles. The van der Waals surface area contributed by atoms with E-state index >= 15 is 0 Å². The molecule has 0 aromatic rings. The summed E-state index contributed by atoms with van der Waals surface area (Å²) in [4.78, 5) is 0. The van der Waals surface area contributed by atoms with Crippen LogP contribution < -0.4 is 0 Å². The lowest BCUT2D eigenvalue weighted by molar-refractivity contribution is 0.0354. The van der Waals surface area contributed by atoms with E-state index in [1.165, 1.54) is 14.2 Å². The second-order valence-corrected chi connectivity index (χ2v) is 2.56. The first kappa shape index (κ1) is 9.27. The summed E-state index contributed by atoms with van der Waals surface area (Å²) in [7, 11) is 3.39. The van der Waals surface area contributed by atoms with Gasteiger partial charge in [-0.1, -0.05) is 0 Å². The van der Waals surface area contributed by atoms with Crippen molar-refractivity contribution >= 4 is 8.60 Å². The number of ether oxygens (including phenoxy) is 1. The SMILES string of the molecule is COCOP(OC)OC. The quantitative estimate of drug-likeness (QED) is 0.439. The van der Waals surface area contributed by atoms with Gasteiger partial charge in [0.05, 0.1) is 0 Å². The van der Waals surface area contributed by atoms with Crippen molar-refractivity contribution in [1.82, 2.24) is 0 Å². The monoisotopic (exact) mass is 154 g/mol. The summed E-state index contributed by atoms with van der Waals surface area (Å²) in [6.07, 6.45) is 0. The van der Waals surface area contributed by atoms with Crippen molar-refractivity contribution in [1.29, 1.82) is 0 Å². The van der Waals surface area contributed by atoms with Crippen LogP contribution in [0, 0.1) is 0 Å². The largest absolute Gasteiger partial charge is 0.358 e. The molecule has 9 heavy (non-hydrogen) atoms. The number of rotatable bonds is 5. The molecule has 0 aliphatic carbocycles. The van der Waals surface area contributed by atoms with E-state index < -0.39 is 8.60 Å². The summed E-state index contributed by atoms with van der Waals surface area (Å²) in [5.74, 6) is 0. The second-order valence-electron chi connectivity index (χ2n) is 1.12. The van der Waals surface area contributed by atoms with Gasteiger partial charge in [-0.05, 0) is 0 Å². The molecule has 0 aliphatic heterocycles. The highest BCUT2D eigenvalue weighted by atomic mass is 31.2. The Balaban J connectivity index is 3.09. The molecular weight excluding hydrogens is 143 g/mol. The number of hydrogen-bond donors (Lipinski definition) is 0. The van der Waals surface area contributed by atoms with E-state index in [0.717, 1.165) is 0 Å². The molecule has 4 nitrogen and oxygen atoms in total. The molecule has 0 radical (unpaired) electrons. The smallest absolute Gasteiger partial charge is 0.334 e. The van der Waals surface area contributed by atoms with Gasteiger partial charge in [0.25, 0.3) is 0 Å². The lowest BCUT2D eigenvalue weighted by atomic mass is 11.4. The van der Waals surface area contributed by atoms with Crippen LogP contribution in [0.4, 0.5) is 0 Å². The van der Waals surface area contributed by atoms with E-state index in [1.807, 2.05) is 0 Å². The van der Waals surface area contributed by atoms with Crippen molar-refractivity contribution in [3.05, 3.63) is 0 Å². The molecule has 0 spiro atoms. The third-order valence-electron chi connectivity index (χ3n) is 0.574. The zero-order chi connectivity index (χ0) is 7.11. The molecule has 5 heteroatoms. The molecule has 0 bridgehead atoms. The van der Waals surface area contributed by atoms with Gasteiger partial charge in [0.15, 0.2) is 6.79 Å². The summed E-state index contributed by atoms with van der Waals surface area (Å²) in [5, 5.41) is 0. The summed E-state index contributed by atoms with van der Waals surface area (Å²) in [6.45, 7) is 0.202. The van der Waals surface area contributed by atoms with Gasteiger partial charge in [-0.25, -0.2) is 0 Å². The first-order valence-corrected chi connectivity index (χ1v) is 3.45. The molecule has 0 amide bonds. The molecule has 56 valence electrons. The van der Waals surface area contributed by atoms with Crippen LogP contribution >= 0.6 is 8.60 Å². The van der Waals surface area contributed by atoms with Crippen LogP contribution in [0.2, 0.25) is 0 Å². The van der Waals surface area contributed by atoms with Crippen molar-refractivity contribution in [2.24, 2.45) is 0 Å². The van der Waals surface area contributed by atoms with Gasteiger partial charge in [0, 0.05) is 21.3 Å². The van der Waals surface area contributed by atoms with Crippen LogP contribution in [0.25, 0.3) is 0 Å². The predicted molar refractivity (Wildman–Crippen MR) is 33.9 cm³/mol. The Morgan fingerprint density at radius 3 is 2.00 bits per heavy atom. The van der Waals surface area contributed by atoms with Gasteiger partial charge < -0.3 is 13.8 Å². The average molecular weight is 154 g/mol. The van der Waals surface area contributed by atoms with Gasteiger partial charge >= 0.3 is 8.60 Å². The van der Waals surface area contributed by atoms with Crippen molar-refractivity contribution in [2.45, 2.75) is 0 Å². The molecule has 0 heterocycles. The molecule has 0 rings (SSSR count). The Hall–Kier alpha value is 0.270. The molecule has 0 unspecified atom stereocenters. The molecule has 0 aliphatic rings. The number of hydrogen-bond acceptors (Lipinski definition) is 4. The van der Waals surface area contributed by atoms with Gasteiger partial charge in [0.2, 0.25) is 0 Å². The van der Waals surface area contributed by atoms with E-state index in [1.54, 1.807) is 7.11 Å². The van der Waals surface area contributed by atoms with Gasteiger partial charge in [-0.15, -0.1) is 0 Å². The summed E-state index contributed by atoms with van der Waals surface area (Å²) in [5.41, 5.74) is 0. The Kier molecular flexibility index (Phi) is 6.58. The van der Waals surface area contributed by atoms with Gasteiger partial charge in [-0.3, -0.25) is 4.52 Å². The van der Waals surface area contributed by atoms with Crippen molar-refractivity contribution in [3.63, 3.8) is 0 Å². The highest BCUT2D eigenvalue weighted by Gasteiger charge is 2.04. The maximum atomic E-state index is 4.89. The predicted octanol–water partition coefficient (Wildman–Crippen LogP) is 1.13. The molecule has 0 N–H and O–H groups in total. The summed E-state index contributed by atoms with van der Waals surface area (Å²) < 4.78 is 19.0. The van der Waals surface area contributed by atoms with Crippen LogP contribution in [0.1, 0.15) is 0 Å². The summed E-state index contributed by atoms with van der Waals surface area (Å²) >= 11 is 0. The average Bonchev–Trinajstić information content (AvgIpc) is 1.91. The zero-order valence-corrected chi connectivity index (χ0v) is 6.68. The molecule has 0 atom stereocenters. The fourth-order valence-corrected chi connectivity index (χ4v) is 0.827. The normalized spacial score (nSPS) is 10.7. The first-order valence-electron chi connectivity index (χ1n) is 2.35. The molecule has 0 saturated carbocycles. The van der Waals surface area contributed by atoms with E-state index in [4.69, 9.17) is 13.6 Å². The van der Waals surface area contributed by atoms with Crippen LogP contribution in [0.15, 0.2) is 0 Å². The highest BCUT2D eigenvalue weighted by molar-refractivity contribution is 7.41. The number of methoxy groups -OCH3 is 1. The van der Waals surface area contributed by atoms with Gasteiger partial charge in [0.1, 0.15) is 0 Å². The Morgan fingerprint density at radius 2 is 1.67 bits per heavy atom. The third kappa shape index (κ3) is 4.75. The second kappa shape index (κ2) is 6.39. The van der Waals surface area contributed by atoms with Crippen molar-refractivity contribution < 1.29 is 18.3 Å². The molecule has 0 saturated heterocycles. The van der Waals surface area contributed by atoms with E-state index in [2.05, 4.69) is 4.74 Å². The standard InChI is InChI=1S/C4H11O4P/c1-5-4-8-9(6-2)7-3/h4H2,1-3H3. The van der Waals surface area contributed by atoms with Gasteiger partial charge in [-0.2, -0.15) is 0 Å². The van der Waals surface area contributed by atoms with E-state index in [-0.39, 0.29) is 6.79 Å². The van der Waals surface area contributed by atoms with Crippen molar-refractivity contribution in [3.8, 4) is 0 Å². The van der Waals surface area contributed by atoms with E-state index in [0.29, 0.717) is 0 Å². The molecule has 0 fully saturated rings. The fraction of sp³-hybridized carbons (Fsp3) is 1.00. The van der Waals surface area contributed by atoms with E-state index in [9.17, 15) is 0 Å². The maximum absolute atomic E-state index is 4.89. The fourth-order valence-electron chi connectivity index (χ4n) is 0.276. The first-order chi connectivity index (χ1) is 4.35. The lowest BCUT2D eigenvalue weighted by Gasteiger charge is -2.09. The topological polar surface area (TPSA) is 36.9 Å². The minimum Gasteiger partial charge on any atom is -0.358 e. The minimum absolute atomic E-state index is 0.202. The van der Waals surface area contributed by atoms with Crippen molar-refractivity contribution in [2.75, 3.05) is 28.1 Å². The third-order valence-corrected chi connectivity index (χ3v) is 1.49. The highest BCUT2D eigenvalue weighted by Crippen LogP contribution is 2.36. The summed E-state index contributed by atoms with van der Waals surface area (Å²) in [6, 6.07) is 0. The van der Waals surface area contributed by atoms with Crippen LogP contribution in [-0.4, -0.2) is 28.1 Å². The van der Waals surface area contributed by atoms with Crippen LogP contribution in [0.5, 0.6) is 0 Å². The molecule has 0 aromatic carbocycles. The molecular formula is C4H11O4P. The van der Waals surface area contributed by atoms with Crippen LogP contribution in [-0.2, 0) is 18.3 Å². The lowest BCUT2D eigenvalue weighted by Crippen LogP contribution is -1.93. The Morgan fingerprint density at radius 1 is 1.11 bits per heavy atom. The Labute approximate surface area is 56.0 Å². The minimum atomic E-state index is -1.19. The zero-order valence-electron chi connectivity index (χ0n) is 5.79. The maximum Gasteiger partial charge on any atom is 0.334 e. The van der Waals surface area contributed by atoms with Crippen LogP contribution in [0.3, 0.4) is 0 Å². The Bertz CT molecular complexity index is 56.5.